The second-order valence-electron chi connectivity index (χ2n) is 5.10. The molecule has 1 atom stereocenters. The predicted octanol–water partition coefficient (Wildman–Crippen LogP) is 0.209. The topological polar surface area (TPSA) is 52.7 Å². The molecule has 0 aromatic heterocycles. The normalized spacial score (nSPS) is 25.1. The third-order valence-corrected chi connectivity index (χ3v) is 3.95. The molecule has 2 heterocycles. The SMILES string of the molecule is CCC1CCCCN1C(=O)C(=O)N1CCNCC1. The monoisotopic (exact) mass is 253 g/mol. The fourth-order valence-corrected chi connectivity index (χ4v) is 2.82. The quantitative estimate of drug-likeness (QED) is 0.680. The molecule has 5 nitrogen and oxygen atoms in total. The summed E-state index contributed by atoms with van der Waals surface area (Å²) in [6.07, 6.45) is 4.18. The Kier molecular flexibility index (Phi) is 4.58. The molecule has 5 heteroatoms. The van der Waals surface area contributed by atoms with Gasteiger partial charge in [0.05, 0.1) is 0 Å². The minimum atomic E-state index is -0.308. The van der Waals surface area contributed by atoms with E-state index in [1.54, 1.807) is 9.80 Å². The molecular formula is C13H23N3O2. The third kappa shape index (κ3) is 2.83. The summed E-state index contributed by atoms with van der Waals surface area (Å²) in [4.78, 5) is 27.9. The molecule has 102 valence electrons. The highest BCUT2D eigenvalue weighted by Crippen LogP contribution is 2.20. The molecular weight excluding hydrogens is 230 g/mol. The first-order valence-electron chi connectivity index (χ1n) is 7.04. The zero-order valence-electron chi connectivity index (χ0n) is 11.2. The lowest BCUT2D eigenvalue weighted by Gasteiger charge is -2.36. The molecule has 0 bridgehead atoms. The van der Waals surface area contributed by atoms with E-state index >= 15 is 0 Å². The first-order chi connectivity index (χ1) is 8.74. The highest BCUT2D eigenvalue weighted by molar-refractivity contribution is 6.35. The second kappa shape index (κ2) is 6.18. The first kappa shape index (κ1) is 13.3. The number of piperazine rings is 1. The summed E-state index contributed by atoms with van der Waals surface area (Å²) >= 11 is 0. The molecule has 2 amide bonds. The van der Waals surface area contributed by atoms with E-state index in [-0.39, 0.29) is 17.9 Å². The maximum atomic E-state index is 12.3. The number of likely N-dealkylation sites (tertiary alicyclic amines) is 1. The van der Waals surface area contributed by atoms with Crippen LogP contribution in [0.25, 0.3) is 0 Å². The third-order valence-electron chi connectivity index (χ3n) is 3.95. The van der Waals surface area contributed by atoms with Crippen molar-refractivity contribution in [3.63, 3.8) is 0 Å². The molecule has 0 aliphatic carbocycles. The molecule has 0 spiro atoms. The lowest BCUT2D eigenvalue weighted by atomic mass is 10.00. The summed E-state index contributed by atoms with van der Waals surface area (Å²) in [6.45, 7) is 5.71. The molecule has 0 saturated carbocycles. The van der Waals surface area contributed by atoms with Gasteiger partial charge in [0, 0.05) is 38.8 Å². The average molecular weight is 253 g/mol. The number of carbonyl (C=O) groups excluding carboxylic acids is 2. The highest BCUT2D eigenvalue weighted by Gasteiger charge is 2.32. The van der Waals surface area contributed by atoms with E-state index in [1.807, 2.05) is 0 Å². The Morgan fingerprint density at radius 2 is 1.83 bits per heavy atom. The van der Waals surface area contributed by atoms with Gasteiger partial charge in [-0.1, -0.05) is 6.92 Å². The van der Waals surface area contributed by atoms with Crippen molar-refractivity contribution in [1.29, 1.82) is 0 Å². The van der Waals surface area contributed by atoms with Crippen LogP contribution < -0.4 is 5.32 Å². The molecule has 18 heavy (non-hydrogen) atoms. The van der Waals surface area contributed by atoms with Crippen molar-refractivity contribution >= 4 is 11.8 Å². The molecule has 2 fully saturated rings. The number of nitrogens with zero attached hydrogens (tertiary/aromatic N) is 2. The highest BCUT2D eigenvalue weighted by atomic mass is 16.2. The summed E-state index contributed by atoms with van der Waals surface area (Å²) < 4.78 is 0. The van der Waals surface area contributed by atoms with E-state index < -0.39 is 0 Å². The van der Waals surface area contributed by atoms with Crippen molar-refractivity contribution in [2.45, 2.75) is 38.6 Å². The average Bonchev–Trinajstić information content (AvgIpc) is 2.46. The van der Waals surface area contributed by atoms with Gasteiger partial charge in [0.1, 0.15) is 0 Å². The van der Waals surface area contributed by atoms with Crippen LogP contribution in [-0.2, 0) is 9.59 Å². The Balaban J connectivity index is 1.97. The first-order valence-corrected chi connectivity index (χ1v) is 7.04. The number of piperidine rings is 1. The lowest BCUT2D eigenvalue weighted by molar-refractivity contribution is -0.154. The summed E-state index contributed by atoms with van der Waals surface area (Å²) in [6, 6.07) is 0.262. The van der Waals surface area contributed by atoms with Gasteiger partial charge in [0.2, 0.25) is 0 Å². The lowest BCUT2D eigenvalue weighted by Crippen LogP contribution is -2.54. The summed E-state index contributed by atoms with van der Waals surface area (Å²) in [5, 5.41) is 3.19. The molecule has 2 rings (SSSR count). The number of hydrogen-bond donors (Lipinski definition) is 1. The van der Waals surface area contributed by atoms with Gasteiger partial charge in [-0.2, -0.15) is 0 Å². The van der Waals surface area contributed by atoms with Gasteiger partial charge in [-0.25, -0.2) is 0 Å². The maximum absolute atomic E-state index is 12.3. The van der Waals surface area contributed by atoms with Gasteiger partial charge in [-0.3, -0.25) is 9.59 Å². The number of carbonyl (C=O) groups is 2. The Morgan fingerprint density at radius 3 is 2.50 bits per heavy atom. The summed E-state index contributed by atoms with van der Waals surface area (Å²) in [5.74, 6) is -0.597. The molecule has 0 aromatic carbocycles. The van der Waals surface area contributed by atoms with Gasteiger partial charge in [-0.05, 0) is 25.7 Å². The van der Waals surface area contributed by atoms with Gasteiger partial charge in [0.25, 0.3) is 0 Å². The van der Waals surface area contributed by atoms with Gasteiger partial charge in [-0.15, -0.1) is 0 Å². The maximum Gasteiger partial charge on any atom is 0.312 e. The van der Waals surface area contributed by atoms with Crippen molar-refractivity contribution in [3.8, 4) is 0 Å². The number of nitrogens with one attached hydrogen (secondary N) is 1. The summed E-state index contributed by atoms with van der Waals surface area (Å²) in [5.41, 5.74) is 0. The van der Waals surface area contributed by atoms with Crippen molar-refractivity contribution in [1.82, 2.24) is 15.1 Å². The van der Waals surface area contributed by atoms with Crippen molar-refractivity contribution in [3.05, 3.63) is 0 Å². The molecule has 1 unspecified atom stereocenters. The van der Waals surface area contributed by atoms with Crippen LogP contribution >= 0.6 is 0 Å². The Morgan fingerprint density at radius 1 is 1.11 bits per heavy atom. The van der Waals surface area contributed by atoms with Crippen LogP contribution in [0.15, 0.2) is 0 Å². The molecule has 0 aromatic rings. The fraction of sp³-hybridized carbons (Fsp3) is 0.846. The molecule has 2 aliphatic heterocycles. The predicted molar refractivity (Wildman–Crippen MR) is 69.1 cm³/mol. The zero-order valence-corrected chi connectivity index (χ0v) is 11.2. The standard InChI is InChI=1S/C13H23N3O2/c1-2-11-5-3-4-8-16(11)13(18)12(17)15-9-6-14-7-10-15/h11,14H,2-10H2,1H3. The van der Waals surface area contributed by atoms with Crippen LogP contribution in [0.3, 0.4) is 0 Å². The molecule has 1 N–H and O–H groups in total. The smallest absolute Gasteiger partial charge is 0.312 e. The second-order valence-corrected chi connectivity index (χ2v) is 5.10. The minimum Gasteiger partial charge on any atom is -0.332 e. The molecule has 2 saturated heterocycles. The van der Waals surface area contributed by atoms with Crippen LogP contribution in [0.5, 0.6) is 0 Å². The van der Waals surface area contributed by atoms with Crippen molar-refractivity contribution < 1.29 is 9.59 Å². The Labute approximate surface area is 108 Å². The summed E-state index contributed by atoms with van der Waals surface area (Å²) in [7, 11) is 0. The van der Waals surface area contributed by atoms with E-state index in [0.717, 1.165) is 38.9 Å². The van der Waals surface area contributed by atoms with Gasteiger partial charge >= 0.3 is 11.8 Å². The van der Waals surface area contributed by atoms with Crippen LogP contribution in [0, 0.1) is 0 Å². The molecule has 0 radical (unpaired) electrons. The van der Waals surface area contributed by atoms with Crippen molar-refractivity contribution in [2.75, 3.05) is 32.7 Å². The zero-order chi connectivity index (χ0) is 13.0. The fourth-order valence-electron chi connectivity index (χ4n) is 2.82. The van der Waals surface area contributed by atoms with Crippen molar-refractivity contribution in [2.24, 2.45) is 0 Å². The van der Waals surface area contributed by atoms with Crippen LogP contribution in [0.2, 0.25) is 0 Å². The van der Waals surface area contributed by atoms with Crippen LogP contribution in [0.1, 0.15) is 32.6 Å². The van der Waals surface area contributed by atoms with Gasteiger partial charge in [0.15, 0.2) is 0 Å². The number of hydrogen-bond acceptors (Lipinski definition) is 3. The van der Waals surface area contributed by atoms with E-state index in [2.05, 4.69) is 12.2 Å². The number of rotatable bonds is 1. The Bertz CT molecular complexity index is 313. The van der Waals surface area contributed by atoms with E-state index in [4.69, 9.17) is 0 Å². The van der Waals surface area contributed by atoms with Gasteiger partial charge < -0.3 is 15.1 Å². The van der Waals surface area contributed by atoms with E-state index in [1.165, 1.54) is 6.42 Å². The Hall–Kier alpha value is -1.10. The van der Waals surface area contributed by atoms with Crippen LogP contribution in [-0.4, -0.2) is 60.4 Å². The van der Waals surface area contributed by atoms with E-state index in [9.17, 15) is 9.59 Å². The molecule has 2 aliphatic rings. The van der Waals surface area contributed by atoms with Crippen LogP contribution in [0.4, 0.5) is 0 Å². The minimum absolute atomic E-state index is 0.262. The van der Waals surface area contributed by atoms with E-state index in [0.29, 0.717) is 13.1 Å². The number of amides is 2. The largest absolute Gasteiger partial charge is 0.332 e.